The van der Waals surface area contributed by atoms with Gasteiger partial charge < -0.3 is 30.6 Å². The summed E-state index contributed by atoms with van der Waals surface area (Å²) in [4.78, 5) is 26.6. The van der Waals surface area contributed by atoms with Crippen molar-refractivity contribution in [1.82, 2.24) is 10.6 Å². The third-order valence-corrected chi connectivity index (χ3v) is 12.2. The summed E-state index contributed by atoms with van der Waals surface area (Å²) in [6, 6.07) is -0.621. The van der Waals surface area contributed by atoms with E-state index in [4.69, 9.17) is 19.9 Å². The Morgan fingerprint density at radius 3 is 1.70 bits per heavy atom. The smallest absolute Gasteiger partial charge is 0.244 e. The zero-order valence-electron chi connectivity index (χ0n) is 42.0. The Kier molecular flexibility index (Phi) is 28.1. The van der Waals surface area contributed by atoms with E-state index in [2.05, 4.69) is 128 Å². The van der Waals surface area contributed by atoms with Crippen molar-refractivity contribution >= 4 is 11.8 Å². The van der Waals surface area contributed by atoms with Gasteiger partial charge in [-0.25, -0.2) is 0 Å². The first kappa shape index (κ1) is 56.3. The minimum atomic E-state index is -0.621. The third kappa shape index (κ3) is 24.5. The molecular weight excluding hydrogens is 795 g/mol. The maximum absolute atomic E-state index is 13.4. The van der Waals surface area contributed by atoms with E-state index in [-0.39, 0.29) is 22.6 Å². The third-order valence-electron chi connectivity index (χ3n) is 12.2. The highest BCUT2D eigenvalue weighted by Crippen LogP contribution is 2.41. The summed E-state index contributed by atoms with van der Waals surface area (Å²) >= 11 is 0. The number of hydrogen-bond acceptors (Lipinski definition) is 6. The number of carbonyl (C=O) groups excluding carboxylic acids is 2. The van der Waals surface area contributed by atoms with Crippen LogP contribution in [0.25, 0.3) is 0 Å². The second-order valence-electron chi connectivity index (χ2n) is 19.2. The Hall–Kier alpha value is -3.82. The lowest BCUT2D eigenvalue weighted by molar-refractivity contribution is -0.127. The van der Waals surface area contributed by atoms with Crippen LogP contribution in [0.5, 0.6) is 0 Å². The SMILES string of the molecule is CC1=C(/C=C/C(C)=C/C=C/C(C)=C/CCCCC[C@H](NC(=O)/C=C(C)/C=C/C=C(C)/C=C/C2=C(C)CCCC2(C)C)C(=O)NCCCOCCOCCOCCCN)C(C)(C)CCC1. The molecule has 0 aromatic heterocycles. The van der Waals surface area contributed by atoms with Crippen LogP contribution in [0.2, 0.25) is 0 Å². The van der Waals surface area contributed by atoms with Gasteiger partial charge in [-0.2, -0.15) is 0 Å². The van der Waals surface area contributed by atoms with Crippen LogP contribution in [0.15, 0.2) is 117 Å². The van der Waals surface area contributed by atoms with Crippen LogP contribution in [0.4, 0.5) is 0 Å². The number of carbonyl (C=O) groups is 2. The zero-order valence-corrected chi connectivity index (χ0v) is 42.0. The van der Waals surface area contributed by atoms with Crippen molar-refractivity contribution < 1.29 is 23.8 Å². The second kappa shape index (κ2) is 32.0. The van der Waals surface area contributed by atoms with Gasteiger partial charge in [0.1, 0.15) is 6.04 Å². The van der Waals surface area contributed by atoms with E-state index in [1.54, 1.807) is 6.08 Å². The number of nitrogens with two attached hydrogens (primary N) is 1. The van der Waals surface area contributed by atoms with Crippen LogP contribution in [-0.2, 0) is 23.8 Å². The first-order chi connectivity index (χ1) is 30.6. The van der Waals surface area contributed by atoms with E-state index in [1.165, 1.54) is 72.0 Å². The van der Waals surface area contributed by atoms with Crippen LogP contribution in [0, 0.1) is 10.8 Å². The lowest BCUT2D eigenvalue weighted by Gasteiger charge is -2.33. The highest BCUT2D eigenvalue weighted by Gasteiger charge is 2.27. The zero-order chi connectivity index (χ0) is 47.2. The molecule has 0 unspecified atom stereocenters. The van der Waals surface area contributed by atoms with Crippen molar-refractivity contribution in [2.75, 3.05) is 52.7 Å². The van der Waals surface area contributed by atoms with Crippen molar-refractivity contribution in [3.63, 3.8) is 0 Å². The predicted octanol–water partition coefficient (Wildman–Crippen LogP) is 12.4. The van der Waals surface area contributed by atoms with E-state index in [0.717, 1.165) is 43.3 Å². The summed E-state index contributed by atoms with van der Waals surface area (Å²) in [6.45, 7) is 26.5. The van der Waals surface area contributed by atoms with Gasteiger partial charge in [0.05, 0.1) is 26.4 Å². The molecule has 0 radical (unpaired) electrons. The molecule has 8 nitrogen and oxygen atoms in total. The van der Waals surface area contributed by atoms with Gasteiger partial charge in [0.15, 0.2) is 0 Å². The van der Waals surface area contributed by atoms with E-state index in [1.807, 2.05) is 19.1 Å². The van der Waals surface area contributed by atoms with Crippen LogP contribution in [0.3, 0.4) is 0 Å². The Labute approximate surface area is 390 Å². The quantitative estimate of drug-likeness (QED) is 0.0376. The van der Waals surface area contributed by atoms with Crippen LogP contribution in [0.1, 0.15) is 153 Å². The van der Waals surface area contributed by atoms with Gasteiger partial charge in [0, 0.05) is 25.8 Å². The van der Waals surface area contributed by atoms with Crippen LogP contribution >= 0.6 is 0 Å². The van der Waals surface area contributed by atoms with E-state index >= 15 is 0 Å². The molecule has 2 rings (SSSR count). The molecule has 2 aliphatic carbocycles. The first-order valence-corrected chi connectivity index (χ1v) is 24.4. The molecule has 4 N–H and O–H groups in total. The fourth-order valence-electron chi connectivity index (χ4n) is 8.31. The molecule has 2 aliphatic rings. The summed E-state index contributed by atoms with van der Waals surface area (Å²) in [5.74, 6) is -0.439. The fourth-order valence-corrected chi connectivity index (χ4v) is 8.31. The van der Waals surface area contributed by atoms with Crippen molar-refractivity contribution in [1.29, 1.82) is 0 Å². The van der Waals surface area contributed by atoms with Gasteiger partial charge >= 0.3 is 0 Å². The van der Waals surface area contributed by atoms with Gasteiger partial charge in [-0.05, 0) is 146 Å². The minimum Gasteiger partial charge on any atom is -0.379 e. The molecule has 0 aromatic carbocycles. The molecule has 0 heterocycles. The Bertz CT molecular complexity index is 1750. The summed E-state index contributed by atoms with van der Waals surface area (Å²) in [5, 5.41) is 6.02. The largest absolute Gasteiger partial charge is 0.379 e. The molecule has 0 spiro atoms. The number of allylic oxidation sites excluding steroid dienone is 19. The van der Waals surface area contributed by atoms with Crippen LogP contribution in [-0.4, -0.2) is 70.6 Å². The number of ether oxygens (including phenoxy) is 3. The molecule has 0 aliphatic heterocycles. The van der Waals surface area contributed by atoms with Gasteiger partial charge in [0.2, 0.25) is 11.8 Å². The summed E-state index contributed by atoms with van der Waals surface area (Å²) in [5.41, 5.74) is 16.3. The predicted molar refractivity (Wildman–Crippen MR) is 271 cm³/mol. The molecule has 0 fully saturated rings. The maximum atomic E-state index is 13.4. The number of amides is 2. The summed E-state index contributed by atoms with van der Waals surface area (Å²) < 4.78 is 16.6. The molecule has 0 bridgehead atoms. The molecule has 0 saturated heterocycles. The highest BCUT2D eigenvalue weighted by molar-refractivity contribution is 5.93. The van der Waals surface area contributed by atoms with Crippen molar-refractivity contribution in [2.45, 2.75) is 159 Å². The van der Waals surface area contributed by atoms with Crippen LogP contribution < -0.4 is 16.4 Å². The standard InChI is InChI=1S/C56H89N3O5/c1-44(22-15-23-45(2)29-31-50-48(5)26-17-33-55(50,7)8)21-13-11-12-14-28-52(54(61)58-36-20-38-63-40-42-64-41-39-62-37-19-35-57)59-53(60)43-47(4)25-16-24-46(3)30-32-51-49(6)27-18-34-56(51,9)10/h15-16,21-25,29-32,43,52H,11-14,17-20,26-28,33-42,57H2,1-10H3,(H,58,61)(H,59,60)/b22-15+,25-16+,31-29+,32-30+,44-21+,45-23+,46-24+,47-43+/t52-/m0/s1. The number of rotatable bonds is 30. The lowest BCUT2D eigenvalue weighted by Crippen LogP contribution is -2.46. The maximum Gasteiger partial charge on any atom is 0.244 e. The average molecular weight is 884 g/mol. The van der Waals surface area contributed by atoms with E-state index in [0.29, 0.717) is 65.6 Å². The number of unbranched alkanes of at least 4 members (excludes halogenated alkanes) is 3. The molecule has 0 aromatic rings. The van der Waals surface area contributed by atoms with E-state index < -0.39 is 6.04 Å². The normalized spacial score (nSPS) is 18.4. The Morgan fingerprint density at radius 2 is 1.17 bits per heavy atom. The number of nitrogens with one attached hydrogen (secondary N) is 2. The van der Waals surface area contributed by atoms with Crippen molar-refractivity contribution in [3.8, 4) is 0 Å². The second-order valence-corrected chi connectivity index (χ2v) is 19.2. The monoisotopic (exact) mass is 884 g/mol. The number of hydrogen-bond donors (Lipinski definition) is 3. The van der Waals surface area contributed by atoms with Gasteiger partial charge in [-0.3, -0.25) is 9.59 Å². The van der Waals surface area contributed by atoms with Gasteiger partial charge in [-0.1, -0.05) is 135 Å². The average Bonchev–Trinajstić information content (AvgIpc) is 3.22. The molecule has 64 heavy (non-hydrogen) atoms. The molecular formula is C56H89N3O5. The van der Waals surface area contributed by atoms with Crippen molar-refractivity contribution in [3.05, 3.63) is 117 Å². The van der Waals surface area contributed by atoms with Gasteiger partial charge in [0.25, 0.3) is 0 Å². The Balaban J connectivity index is 1.91. The molecule has 2 amide bonds. The summed E-state index contributed by atoms with van der Waals surface area (Å²) in [6.07, 6.45) is 38.5. The van der Waals surface area contributed by atoms with Crippen molar-refractivity contribution in [2.24, 2.45) is 16.6 Å². The minimum absolute atomic E-state index is 0.168. The first-order valence-electron chi connectivity index (χ1n) is 24.4. The van der Waals surface area contributed by atoms with Gasteiger partial charge in [-0.15, -0.1) is 0 Å². The summed E-state index contributed by atoms with van der Waals surface area (Å²) in [7, 11) is 0. The molecule has 1 atom stereocenters. The Morgan fingerprint density at radius 1 is 0.656 bits per heavy atom. The fraction of sp³-hybridized carbons (Fsp3) is 0.607. The topological polar surface area (TPSA) is 112 Å². The molecule has 8 heteroatoms. The molecule has 0 saturated carbocycles. The highest BCUT2D eigenvalue weighted by atomic mass is 16.5. The van der Waals surface area contributed by atoms with E-state index in [9.17, 15) is 9.59 Å². The lowest BCUT2D eigenvalue weighted by atomic mass is 9.72. The molecule has 358 valence electrons.